The standard InChI is InChI=1S/C12H13BrO/c13-11-3-1-2-10(8-11)9-4-6-12(14)7-5-9/h1-4,8,12,14H,5-7H2. The Labute approximate surface area is 92.6 Å². The van der Waals surface area contributed by atoms with Gasteiger partial charge in [-0.05, 0) is 42.5 Å². The smallest absolute Gasteiger partial charge is 0.0578 e. The second kappa shape index (κ2) is 4.28. The number of aliphatic hydroxyl groups is 1. The lowest BCUT2D eigenvalue weighted by molar-refractivity contribution is 0.166. The maximum Gasteiger partial charge on any atom is 0.0578 e. The van der Waals surface area contributed by atoms with Crippen molar-refractivity contribution in [3.8, 4) is 0 Å². The Morgan fingerprint density at radius 2 is 2.21 bits per heavy atom. The lowest BCUT2D eigenvalue weighted by atomic mass is 9.92. The van der Waals surface area contributed by atoms with Crippen LogP contribution in [0.4, 0.5) is 0 Å². The van der Waals surface area contributed by atoms with E-state index >= 15 is 0 Å². The number of rotatable bonds is 1. The molecular formula is C12H13BrO. The van der Waals surface area contributed by atoms with Gasteiger partial charge in [0.1, 0.15) is 0 Å². The quantitative estimate of drug-likeness (QED) is 0.813. The molecule has 14 heavy (non-hydrogen) atoms. The summed E-state index contributed by atoms with van der Waals surface area (Å²) in [6, 6.07) is 8.32. The van der Waals surface area contributed by atoms with E-state index in [0.29, 0.717) is 0 Å². The summed E-state index contributed by atoms with van der Waals surface area (Å²) in [5, 5.41) is 9.37. The predicted octanol–water partition coefficient (Wildman–Crippen LogP) is 3.38. The maximum atomic E-state index is 9.37. The SMILES string of the molecule is OC1CC=C(c2cccc(Br)c2)CC1. The number of hydrogen-bond donors (Lipinski definition) is 1. The van der Waals surface area contributed by atoms with Crippen molar-refractivity contribution in [1.82, 2.24) is 0 Å². The van der Waals surface area contributed by atoms with Gasteiger partial charge in [-0.25, -0.2) is 0 Å². The lowest BCUT2D eigenvalue weighted by Gasteiger charge is -2.17. The highest BCUT2D eigenvalue weighted by Crippen LogP contribution is 2.28. The second-order valence-electron chi connectivity index (χ2n) is 3.67. The van der Waals surface area contributed by atoms with E-state index in [4.69, 9.17) is 0 Å². The normalized spacial score (nSPS) is 21.9. The minimum absolute atomic E-state index is 0.133. The molecule has 0 saturated heterocycles. The van der Waals surface area contributed by atoms with Crippen LogP contribution < -0.4 is 0 Å². The van der Waals surface area contributed by atoms with Crippen molar-refractivity contribution in [2.45, 2.75) is 25.4 Å². The van der Waals surface area contributed by atoms with E-state index in [1.165, 1.54) is 11.1 Å². The summed E-state index contributed by atoms with van der Waals surface area (Å²) in [5.74, 6) is 0. The fraction of sp³-hybridized carbons (Fsp3) is 0.333. The van der Waals surface area contributed by atoms with Crippen LogP contribution in [0.1, 0.15) is 24.8 Å². The van der Waals surface area contributed by atoms with Gasteiger partial charge >= 0.3 is 0 Å². The van der Waals surface area contributed by atoms with E-state index in [0.717, 1.165) is 23.7 Å². The molecule has 1 aliphatic rings. The molecule has 0 amide bonds. The summed E-state index contributed by atoms with van der Waals surface area (Å²) in [6.45, 7) is 0. The third-order valence-corrected chi connectivity index (χ3v) is 3.07. The first-order valence-electron chi connectivity index (χ1n) is 4.89. The number of hydrogen-bond acceptors (Lipinski definition) is 1. The fourth-order valence-corrected chi connectivity index (χ4v) is 2.17. The van der Waals surface area contributed by atoms with Crippen molar-refractivity contribution in [3.05, 3.63) is 40.4 Å². The van der Waals surface area contributed by atoms with Crippen molar-refractivity contribution < 1.29 is 5.11 Å². The Hall–Kier alpha value is -0.600. The third kappa shape index (κ3) is 2.25. The van der Waals surface area contributed by atoms with E-state index < -0.39 is 0 Å². The highest BCUT2D eigenvalue weighted by molar-refractivity contribution is 9.10. The molecule has 1 aliphatic carbocycles. The molecule has 0 heterocycles. The van der Waals surface area contributed by atoms with Gasteiger partial charge in [0.15, 0.2) is 0 Å². The Morgan fingerprint density at radius 1 is 1.36 bits per heavy atom. The zero-order valence-electron chi connectivity index (χ0n) is 7.91. The maximum absolute atomic E-state index is 9.37. The van der Waals surface area contributed by atoms with E-state index in [-0.39, 0.29) is 6.10 Å². The average molecular weight is 253 g/mol. The molecular weight excluding hydrogens is 240 g/mol. The average Bonchev–Trinajstić information content (AvgIpc) is 2.19. The van der Waals surface area contributed by atoms with Crippen LogP contribution in [0.5, 0.6) is 0 Å². The van der Waals surface area contributed by atoms with Crippen LogP contribution >= 0.6 is 15.9 Å². The molecule has 1 atom stereocenters. The van der Waals surface area contributed by atoms with Gasteiger partial charge in [0, 0.05) is 4.47 Å². The van der Waals surface area contributed by atoms with E-state index in [1.807, 2.05) is 12.1 Å². The summed E-state index contributed by atoms with van der Waals surface area (Å²) in [5.41, 5.74) is 2.63. The summed E-state index contributed by atoms with van der Waals surface area (Å²) in [6.07, 6.45) is 4.68. The zero-order chi connectivity index (χ0) is 9.97. The minimum Gasteiger partial charge on any atom is -0.393 e. The van der Waals surface area contributed by atoms with Crippen molar-refractivity contribution >= 4 is 21.5 Å². The molecule has 1 aromatic carbocycles. The Balaban J connectivity index is 2.23. The summed E-state index contributed by atoms with van der Waals surface area (Å²) < 4.78 is 1.11. The van der Waals surface area contributed by atoms with Crippen molar-refractivity contribution in [3.63, 3.8) is 0 Å². The first-order valence-corrected chi connectivity index (χ1v) is 5.68. The highest BCUT2D eigenvalue weighted by atomic mass is 79.9. The van der Waals surface area contributed by atoms with Crippen molar-refractivity contribution in [1.29, 1.82) is 0 Å². The molecule has 0 radical (unpaired) electrons. The number of benzene rings is 1. The Morgan fingerprint density at radius 3 is 2.86 bits per heavy atom. The second-order valence-corrected chi connectivity index (χ2v) is 4.58. The predicted molar refractivity (Wildman–Crippen MR) is 62.0 cm³/mol. The topological polar surface area (TPSA) is 20.2 Å². The van der Waals surface area contributed by atoms with E-state index in [9.17, 15) is 5.11 Å². The van der Waals surface area contributed by atoms with Crippen LogP contribution in [0.25, 0.3) is 5.57 Å². The molecule has 74 valence electrons. The molecule has 1 aromatic rings. The number of aliphatic hydroxyl groups excluding tert-OH is 1. The van der Waals surface area contributed by atoms with Gasteiger partial charge in [0.05, 0.1) is 6.10 Å². The highest BCUT2D eigenvalue weighted by Gasteiger charge is 2.12. The zero-order valence-corrected chi connectivity index (χ0v) is 9.50. The van der Waals surface area contributed by atoms with Gasteiger partial charge in [0.2, 0.25) is 0 Å². The van der Waals surface area contributed by atoms with Gasteiger partial charge in [-0.3, -0.25) is 0 Å². The van der Waals surface area contributed by atoms with Gasteiger partial charge in [0.25, 0.3) is 0 Å². The minimum atomic E-state index is -0.133. The van der Waals surface area contributed by atoms with Crippen LogP contribution in [-0.2, 0) is 0 Å². The first-order chi connectivity index (χ1) is 6.75. The molecule has 0 saturated carbocycles. The Kier molecular flexibility index (Phi) is 3.04. The van der Waals surface area contributed by atoms with Crippen LogP contribution in [0.3, 0.4) is 0 Å². The van der Waals surface area contributed by atoms with Gasteiger partial charge in [-0.15, -0.1) is 0 Å². The summed E-state index contributed by atoms with van der Waals surface area (Å²) in [7, 11) is 0. The molecule has 0 spiro atoms. The van der Waals surface area contributed by atoms with Gasteiger partial charge in [-0.1, -0.05) is 34.1 Å². The molecule has 0 aromatic heterocycles. The molecule has 2 rings (SSSR count). The number of allylic oxidation sites excluding steroid dienone is 1. The fourth-order valence-electron chi connectivity index (χ4n) is 1.77. The van der Waals surface area contributed by atoms with Gasteiger partial charge in [-0.2, -0.15) is 0 Å². The van der Waals surface area contributed by atoms with Crippen LogP contribution in [-0.4, -0.2) is 11.2 Å². The molecule has 1 unspecified atom stereocenters. The molecule has 2 heteroatoms. The van der Waals surface area contributed by atoms with Crippen molar-refractivity contribution in [2.24, 2.45) is 0 Å². The largest absolute Gasteiger partial charge is 0.393 e. The Bertz CT molecular complexity index is 357. The summed E-state index contributed by atoms with van der Waals surface area (Å²) >= 11 is 3.46. The third-order valence-electron chi connectivity index (χ3n) is 2.58. The van der Waals surface area contributed by atoms with Crippen molar-refractivity contribution in [2.75, 3.05) is 0 Å². The van der Waals surface area contributed by atoms with Gasteiger partial charge < -0.3 is 5.11 Å². The first kappa shape index (κ1) is 9.94. The lowest BCUT2D eigenvalue weighted by Crippen LogP contribution is -2.09. The van der Waals surface area contributed by atoms with E-state index in [1.54, 1.807) is 0 Å². The summed E-state index contributed by atoms with van der Waals surface area (Å²) in [4.78, 5) is 0. The molecule has 0 fully saturated rings. The van der Waals surface area contributed by atoms with Crippen LogP contribution in [0.2, 0.25) is 0 Å². The van der Waals surface area contributed by atoms with E-state index in [2.05, 4.69) is 34.1 Å². The molecule has 0 aliphatic heterocycles. The monoisotopic (exact) mass is 252 g/mol. The van der Waals surface area contributed by atoms with Crippen LogP contribution in [0, 0.1) is 0 Å². The number of halogens is 1. The van der Waals surface area contributed by atoms with Crippen LogP contribution in [0.15, 0.2) is 34.8 Å². The molecule has 0 bridgehead atoms. The molecule has 1 N–H and O–H groups in total. The molecule has 1 nitrogen and oxygen atoms in total.